The summed E-state index contributed by atoms with van der Waals surface area (Å²) in [5, 5.41) is 0. The van der Waals surface area contributed by atoms with Crippen molar-refractivity contribution in [3.63, 3.8) is 0 Å². The molecule has 0 bridgehead atoms. The quantitative estimate of drug-likeness (QED) is 0.514. The van der Waals surface area contributed by atoms with Crippen LogP contribution in [0.5, 0.6) is 0 Å². The van der Waals surface area contributed by atoms with Crippen LogP contribution >= 0.6 is 0 Å². The third-order valence-corrected chi connectivity index (χ3v) is 1.30. The second-order valence-corrected chi connectivity index (χ2v) is 2.60. The van der Waals surface area contributed by atoms with E-state index in [1.807, 2.05) is 0 Å². The Morgan fingerprint density at radius 1 is 1.09 bits per heavy atom. The molecule has 1 aliphatic rings. The zero-order valence-electron chi connectivity index (χ0n) is 5.51. The van der Waals surface area contributed by atoms with E-state index in [2.05, 4.69) is 4.74 Å². The van der Waals surface area contributed by atoms with E-state index >= 15 is 0 Å². The summed E-state index contributed by atoms with van der Waals surface area (Å²) in [6.45, 7) is 0.543. The van der Waals surface area contributed by atoms with E-state index in [0.29, 0.717) is 6.92 Å². The molecule has 1 unspecified atom stereocenters. The Hall–Kier alpha value is -0.390. The maximum atomic E-state index is 12.4. The van der Waals surface area contributed by atoms with Gasteiger partial charge in [0.25, 0.3) is 0 Å². The van der Waals surface area contributed by atoms with Gasteiger partial charge in [-0.2, -0.15) is 17.6 Å². The summed E-state index contributed by atoms with van der Waals surface area (Å²) < 4.78 is 63.8. The fourth-order valence-electron chi connectivity index (χ4n) is 0.877. The molecule has 0 radical (unpaired) electrons. The number of rotatable bonds is 0. The van der Waals surface area contributed by atoms with Gasteiger partial charge in [-0.1, -0.05) is 0 Å². The van der Waals surface area contributed by atoms with E-state index in [4.69, 9.17) is 0 Å². The van der Waals surface area contributed by atoms with Crippen molar-refractivity contribution in [3.8, 4) is 0 Å². The number of alkyl halides is 5. The topological polar surface area (TPSA) is 9.23 Å². The highest BCUT2D eigenvalue weighted by Gasteiger charge is 2.69. The molecule has 0 spiro atoms. The van der Waals surface area contributed by atoms with Crippen molar-refractivity contribution in [2.75, 3.05) is 0 Å². The van der Waals surface area contributed by atoms with E-state index in [0.717, 1.165) is 0 Å². The Morgan fingerprint density at radius 3 is 1.64 bits per heavy atom. The molecular weight excluding hydrogens is 171 g/mol. The van der Waals surface area contributed by atoms with Crippen molar-refractivity contribution in [1.82, 2.24) is 0 Å². The molecule has 0 saturated carbocycles. The fraction of sp³-hybridized carbons (Fsp3) is 1.00. The van der Waals surface area contributed by atoms with Gasteiger partial charge in [0.05, 0.1) is 6.42 Å². The van der Waals surface area contributed by atoms with Gasteiger partial charge in [0.1, 0.15) is 0 Å². The molecule has 0 aliphatic carbocycles. The van der Waals surface area contributed by atoms with E-state index in [1.165, 1.54) is 0 Å². The molecule has 66 valence electrons. The summed E-state index contributed by atoms with van der Waals surface area (Å²) in [5.41, 5.74) is 0. The SMILES string of the molecule is CC1(F)CC(F)(F)C(F)(F)O1. The zero-order chi connectivity index (χ0) is 8.91. The molecule has 1 nitrogen and oxygen atoms in total. The minimum Gasteiger partial charge on any atom is -0.278 e. The summed E-state index contributed by atoms with van der Waals surface area (Å²) in [4.78, 5) is 0. The highest BCUT2D eigenvalue weighted by molar-refractivity contribution is 4.90. The molecule has 1 atom stereocenters. The van der Waals surface area contributed by atoms with E-state index in [-0.39, 0.29) is 0 Å². The van der Waals surface area contributed by atoms with Crippen LogP contribution in [-0.4, -0.2) is 17.9 Å². The lowest BCUT2D eigenvalue weighted by atomic mass is 10.2. The zero-order valence-corrected chi connectivity index (χ0v) is 5.51. The van der Waals surface area contributed by atoms with E-state index in [9.17, 15) is 22.0 Å². The summed E-state index contributed by atoms with van der Waals surface area (Å²) in [6.07, 6.45) is -6.29. The molecule has 1 heterocycles. The first-order valence-electron chi connectivity index (χ1n) is 2.81. The van der Waals surface area contributed by atoms with Crippen LogP contribution < -0.4 is 0 Å². The predicted molar refractivity (Wildman–Crippen MR) is 25.1 cm³/mol. The number of halogens is 5. The first-order chi connectivity index (χ1) is 4.66. The van der Waals surface area contributed by atoms with Gasteiger partial charge in [0, 0.05) is 0 Å². The highest BCUT2D eigenvalue weighted by atomic mass is 19.3. The van der Waals surface area contributed by atoms with Gasteiger partial charge in [0.2, 0.25) is 5.85 Å². The maximum absolute atomic E-state index is 12.4. The first-order valence-corrected chi connectivity index (χ1v) is 2.81. The smallest absolute Gasteiger partial charge is 0.278 e. The Morgan fingerprint density at radius 2 is 1.55 bits per heavy atom. The summed E-state index contributed by atoms with van der Waals surface area (Å²) >= 11 is 0. The minimum absolute atomic E-state index is 0.543. The van der Waals surface area contributed by atoms with Gasteiger partial charge < -0.3 is 0 Å². The van der Waals surface area contributed by atoms with E-state index in [1.54, 1.807) is 0 Å². The molecule has 1 aliphatic heterocycles. The lowest BCUT2D eigenvalue weighted by Crippen LogP contribution is -2.35. The first kappa shape index (κ1) is 8.70. The average Bonchev–Trinajstić information content (AvgIpc) is 1.66. The third kappa shape index (κ3) is 1.31. The lowest BCUT2D eigenvalue weighted by Gasteiger charge is -2.15. The van der Waals surface area contributed by atoms with Gasteiger partial charge >= 0.3 is 12.0 Å². The van der Waals surface area contributed by atoms with Crippen molar-refractivity contribution in [2.24, 2.45) is 0 Å². The van der Waals surface area contributed by atoms with Crippen molar-refractivity contribution in [1.29, 1.82) is 0 Å². The van der Waals surface area contributed by atoms with Gasteiger partial charge in [-0.25, -0.2) is 4.39 Å². The number of ether oxygens (including phenoxy) is 1. The molecule has 0 aromatic heterocycles. The van der Waals surface area contributed by atoms with Crippen LogP contribution in [0, 0.1) is 0 Å². The van der Waals surface area contributed by atoms with Crippen LogP contribution in [0.25, 0.3) is 0 Å². The molecule has 0 N–H and O–H groups in total. The Labute approximate surface area is 59.1 Å². The second kappa shape index (κ2) is 1.85. The van der Waals surface area contributed by atoms with E-state index < -0.39 is 24.3 Å². The highest BCUT2D eigenvalue weighted by Crippen LogP contribution is 2.51. The number of hydrogen-bond donors (Lipinski definition) is 0. The minimum atomic E-state index is -4.68. The van der Waals surface area contributed by atoms with Crippen LogP contribution in [0.2, 0.25) is 0 Å². The summed E-state index contributed by atoms with van der Waals surface area (Å²) in [5.74, 6) is -7.34. The monoisotopic (exact) mass is 176 g/mol. The van der Waals surface area contributed by atoms with Crippen molar-refractivity contribution in [2.45, 2.75) is 31.2 Å². The average molecular weight is 176 g/mol. The van der Waals surface area contributed by atoms with Crippen molar-refractivity contribution < 1.29 is 26.7 Å². The van der Waals surface area contributed by atoms with Crippen LogP contribution in [-0.2, 0) is 4.74 Å². The lowest BCUT2D eigenvalue weighted by molar-refractivity contribution is -0.333. The Balaban J connectivity index is 2.89. The Kier molecular flexibility index (Phi) is 1.47. The molecule has 11 heavy (non-hydrogen) atoms. The molecule has 0 aromatic carbocycles. The second-order valence-electron chi connectivity index (χ2n) is 2.60. The van der Waals surface area contributed by atoms with Gasteiger partial charge in [0.15, 0.2) is 0 Å². The summed E-state index contributed by atoms with van der Waals surface area (Å²) in [6, 6.07) is 0. The van der Waals surface area contributed by atoms with Gasteiger partial charge in [-0.05, 0) is 6.92 Å². The Bertz CT molecular complexity index is 158. The molecule has 1 saturated heterocycles. The largest absolute Gasteiger partial charge is 0.422 e. The van der Waals surface area contributed by atoms with Crippen molar-refractivity contribution >= 4 is 0 Å². The molecule has 1 rings (SSSR count). The third-order valence-electron chi connectivity index (χ3n) is 1.30. The van der Waals surface area contributed by atoms with Crippen LogP contribution in [0.15, 0.2) is 0 Å². The normalized spacial score (nSPS) is 40.9. The molecule has 1 fully saturated rings. The summed E-state index contributed by atoms with van der Waals surface area (Å²) in [7, 11) is 0. The fourth-order valence-corrected chi connectivity index (χ4v) is 0.877. The van der Waals surface area contributed by atoms with Gasteiger partial charge in [-0.15, -0.1) is 0 Å². The maximum Gasteiger partial charge on any atom is 0.422 e. The van der Waals surface area contributed by atoms with Crippen LogP contribution in [0.3, 0.4) is 0 Å². The van der Waals surface area contributed by atoms with Gasteiger partial charge in [-0.3, -0.25) is 4.74 Å². The van der Waals surface area contributed by atoms with Crippen LogP contribution in [0.4, 0.5) is 22.0 Å². The molecule has 0 aromatic rings. The van der Waals surface area contributed by atoms with Crippen LogP contribution in [0.1, 0.15) is 13.3 Å². The molecule has 6 heteroatoms. The number of hydrogen-bond acceptors (Lipinski definition) is 1. The predicted octanol–water partition coefficient (Wildman–Crippen LogP) is 2.32. The molecular formula is C5H5F5O. The standard InChI is InChI=1S/C5H5F5O/c1-3(6)2-4(7,8)5(9,10)11-3/h2H2,1H3. The van der Waals surface area contributed by atoms with Crippen molar-refractivity contribution in [3.05, 3.63) is 0 Å². The molecule has 0 amide bonds.